The van der Waals surface area contributed by atoms with E-state index in [9.17, 15) is 8.42 Å². The minimum atomic E-state index is -3.15. The van der Waals surface area contributed by atoms with Gasteiger partial charge in [0.2, 0.25) is 0 Å². The molecule has 0 aliphatic rings. The highest BCUT2D eigenvalue weighted by atomic mass is 32.2. The van der Waals surface area contributed by atoms with Gasteiger partial charge in [0.25, 0.3) is 10.0 Å². The second kappa shape index (κ2) is 1.84. The van der Waals surface area contributed by atoms with Crippen molar-refractivity contribution in [2.75, 3.05) is 6.26 Å². The average Bonchev–Trinajstić information content (AvgIpc) is 2.08. The molecule has 0 fully saturated rings. The molecule has 9 heavy (non-hydrogen) atoms. The Morgan fingerprint density at radius 3 is 2.44 bits per heavy atom. The Kier molecular flexibility index (Phi) is 1.28. The molecule has 0 bridgehead atoms. The summed E-state index contributed by atoms with van der Waals surface area (Å²) in [5.41, 5.74) is 0. The summed E-state index contributed by atoms with van der Waals surface area (Å²) in [6.45, 7) is 0. The molecule has 0 saturated heterocycles. The van der Waals surface area contributed by atoms with E-state index >= 15 is 0 Å². The lowest BCUT2D eigenvalue weighted by Gasteiger charge is -1.92. The fourth-order valence-electron chi connectivity index (χ4n) is 0.451. The first-order chi connectivity index (χ1) is 4.11. The second-order valence-corrected chi connectivity index (χ2v) is 3.48. The smallest absolute Gasteiger partial charge is 0.205 e. The normalized spacial score (nSPS) is 11.7. The van der Waals surface area contributed by atoms with Crippen LogP contribution in [0.4, 0.5) is 0 Å². The Bertz CT molecular complexity index is 274. The number of nitrogens with zero attached hydrogens (tertiary/aromatic N) is 2. The van der Waals surface area contributed by atoms with E-state index in [-0.39, 0.29) is 0 Å². The predicted molar refractivity (Wildman–Crippen MR) is 32.5 cm³/mol. The van der Waals surface area contributed by atoms with E-state index in [1.807, 2.05) is 0 Å². The van der Waals surface area contributed by atoms with Crippen LogP contribution in [0.25, 0.3) is 0 Å². The lowest BCUT2D eigenvalue weighted by Crippen LogP contribution is -2.09. The molecule has 1 rings (SSSR count). The highest BCUT2D eigenvalue weighted by molar-refractivity contribution is 7.89. The van der Waals surface area contributed by atoms with Crippen LogP contribution in [-0.2, 0) is 10.0 Å². The molecule has 0 aliphatic carbocycles. The average molecular weight is 146 g/mol. The van der Waals surface area contributed by atoms with Gasteiger partial charge in [0, 0.05) is 6.20 Å². The van der Waals surface area contributed by atoms with Crippen molar-refractivity contribution in [3.05, 3.63) is 18.5 Å². The number of hydrogen-bond acceptors (Lipinski definition) is 3. The summed E-state index contributed by atoms with van der Waals surface area (Å²) >= 11 is 0. The number of hydrogen-bond donors (Lipinski definition) is 0. The molecule has 0 aliphatic heterocycles. The Hall–Kier alpha value is -0.840. The van der Waals surface area contributed by atoms with Gasteiger partial charge in [-0.15, -0.1) is 0 Å². The molecule has 0 saturated carbocycles. The minimum Gasteiger partial charge on any atom is -0.205 e. The molecule has 0 N–H and O–H groups in total. The van der Waals surface area contributed by atoms with Crippen LogP contribution in [0.1, 0.15) is 0 Å². The Balaban J connectivity index is 3.20. The molecule has 0 aromatic carbocycles. The van der Waals surface area contributed by atoms with Crippen molar-refractivity contribution in [3.63, 3.8) is 0 Å². The van der Waals surface area contributed by atoms with Gasteiger partial charge in [-0.3, -0.25) is 0 Å². The standard InChI is InChI=1S/C4H6N2O2S/c1-9(7,8)6-4-2-3-5-6/h2-4H,1H3. The third kappa shape index (κ3) is 1.29. The van der Waals surface area contributed by atoms with Crippen LogP contribution >= 0.6 is 0 Å². The zero-order valence-electron chi connectivity index (χ0n) is 4.85. The molecule has 5 heteroatoms. The molecule has 1 aromatic rings. The van der Waals surface area contributed by atoms with Crippen molar-refractivity contribution in [1.82, 2.24) is 9.19 Å². The number of aromatic nitrogens is 2. The van der Waals surface area contributed by atoms with Gasteiger partial charge in [-0.25, -0.2) is 8.42 Å². The Morgan fingerprint density at radius 2 is 2.22 bits per heavy atom. The molecule has 0 unspecified atom stereocenters. The van der Waals surface area contributed by atoms with Crippen LogP contribution < -0.4 is 0 Å². The third-order valence-electron chi connectivity index (χ3n) is 0.820. The van der Waals surface area contributed by atoms with Crippen LogP contribution in [0.15, 0.2) is 18.5 Å². The highest BCUT2D eigenvalue weighted by Gasteiger charge is 2.01. The van der Waals surface area contributed by atoms with E-state index in [2.05, 4.69) is 5.10 Å². The predicted octanol–water partition coefficient (Wildman–Crippen LogP) is -0.309. The maximum atomic E-state index is 10.6. The lowest BCUT2D eigenvalue weighted by atomic mass is 10.8. The zero-order valence-corrected chi connectivity index (χ0v) is 5.67. The summed E-state index contributed by atoms with van der Waals surface area (Å²) in [7, 11) is -3.15. The monoisotopic (exact) mass is 146 g/mol. The first kappa shape index (κ1) is 6.28. The number of rotatable bonds is 1. The molecule has 1 heterocycles. The maximum Gasteiger partial charge on any atom is 0.250 e. The fourth-order valence-corrected chi connectivity index (χ4v) is 0.968. The van der Waals surface area contributed by atoms with Gasteiger partial charge in [-0.05, 0) is 6.07 Å². The van der Waals surface area contributed by atoms with Gasteiger partial charge >= 0.3 is 0 Å². The maximum absolute atomic E-state index is 10.6. The largest absolute Gasteiger partial charge is 0.250 e. The van der Waals surface area contributed by atoms with E-state index in [0.717, 1.165) is 10.3 Å². The first-order valence-electron chi connectivity index (χ1n) is 2.31. The molecule has 0 radical (unpaired) electrons. The SMILES string of the molecule is CS(=O)(=O)n1cccn1. The Labute approximate surface area is 53.2 Å². The lowest BCUT2D eigenvalue weighted by molar-refractivity contribution is 0.586. The molecule has 4 nitrogen and oxygen atoms in total. The highest BCUT2D eigenvalue weighted by Crippen LogP contribution is 1.88. The molecule has 0 amide bonds. The van der Waals surface area contributed by atoms with E-state index in [4.69, 9.17) is 0 Å². The molecule has 1 aromatic heterocycles. The quantitative estimate of drug-likeness (QED) is 0.546. The van der Waals surface area contributed by atoms with Crippen molar-refractivity contribution in [2.24, 2.45) is 0 Å². The summed E-state index contributed by atoms with van der Waals surface area (Å²) in [5, 5.41) is 3.52. The molecular weight excluding hydrogens is 140 g/mol. The summed E-state index contributed by atoms with van der Waals surface area (Å²) in [6, 6.07) is 1.56. The van der Waals surface area contributed by atoms with Crippen LogP contribution in [0.3, 0.4) is 0 Å². The van der Waals surface area contributed by atoms with Crippen molar-refractivity contribution in [1.29, 1.82) is 0 Å². The topological polar surface area (TPSA) is 52.0 Å². The van der Waals surface area contributed by atoms with Gasteiger partial charge in [0.1, 0.15) is 0 Å². The zero-order chi connectivity index (χ0) is 6.91. The van der Waals surface area contributed by atoms with Gasteiger partial charge < -0.3 is 0 Å². The summed E-state index contributed by atoms with van der Waals surface area (Å²) in [4.78, 5) is 0. The van der Waals surface area contributed by atoms with E-state index in [1.165, 1.54) is 12.4 Å². The van der Waals surface area contributed by atoms with Gasteiger partial charge in [0.05, 0.1) is 12.5 Å². The van der Waals surface area contributed by atoms with Crippen LogP contribution in [0.2, 0.25) is 0 Å². The van der Waals surface area contributed by atoms with Crippen molar-refractivity contribution < 1.29 is 8.42 Å². The van der Waals surface area contributed by atoms with Gasteiger partial charge in [-0.1, -0.05) is 0 Å². The fraction of sp³-hybridized carbons (Fsp3) is 0.250. The summed E-state index contributed by atoms with van der Waals surface area (Å²) in [5.74, 6) is 0. The Morgan fingerprint density at radius 1 is 1.56 bits per heavy atom. The van der Waals surface area contributed by atoms with Gasteiger partial charge in [0.15, 0.2) is 0 Å². The van der Waals surface area contributed by atoms with Crippen molar-refractivity contribution >= 4 is 10.0 Å². The van der Waals surface area contributed by atoms with Crippen LogP contribution in [0.5, 0.6) is 0 Å². The van der Waals surface area contributed by atoms with Crippen molar-refractivity contribution in [3.8, 4) is 0 Å². The van der Waals surface area contributed by atoms with E-state index in [1.54, 1.807) is 6.07 Å². The third-order valence-corrected chi connectivity index (χ3v) is 1.72. The molecule has 0 spiro atoms. The molecule has 50 valence electrons. The summed E-state index contributed by atoms with van der Waals surface area (Å²) in [6.07, 6.45) is 3.90. The van der Waals surface area contributed by atoms with Crippen LogP contribution in [0, 0.1) is 0 Å². The molecule has 0 atom stereocenters. The van der Waals surface area contributed by atoms with Crippen molar-refractivity contribution in [2.45, 2.75) is 0 Å². The van der Waals surface area contributed by atoms with E-state index < -0.39 is 10.0 Å². The first-order valence-corrected chi connectivity index (χ1v) is 4.16. The second-order valence-electron chi connectivity index (χ2n) is 1.64. The molecular formula is C4H6N2O2S. The minimum absolute atomic E-state index is 0.910. The van der Waals surface area contributed by atoms with Gasteiger partial charge in [-0.2, -0.15) is 9.19 Å². The summed E-state index contributed by atoms with van der Waals surface area (Å²) < 4.78 is 22.1. The van der Waals surface area contributed by atoms with E-state index in [0.29, 0.717) is 0 Å². The van der Waals surface area contributed by atoms with Crippen LogP contribution in [-0.4, -0.2) is 23.9 Å².